The van der Waals surface area contributed by atoms with Crippen molar-refractivity contribution in [2.75, 3.05) is 7.05 Å². The highest BCUT2D eigenvalue weighted by Crippen LogP contribution is 2.47. The van der Waals surface area contributed by atoms with Crippen molar-refractivity contribution < 1.29 is 0 Å². The molecule has 120 valence electrons. The fourth-order valence-electron chi connectivity index (χ4n) is 4.58. The van der Waals surface area contributed by atoms with Crippen LogP contribution in [0.15, 0.2) is 0 Å². The molecule has 2 unspecified atom stereocenters. The molecule has 0 amide bonds. The molecule has 1 aliphatic rings. The first-order chi connectivity index (χ1) is 9.57. The van der Waals surface area contributed by atoms with E-state index >= 15 is 0 Å². The average Bonchev–Trinajstić information content (AvgIpc) is 2.87. The lowest BCUT2D eigenvalue weighted by Crippen LogP contribution is -2.44. The topological polar surface area (TPSA) is 12.0 Å². The second kappa shape index (κ2) is 9.07. The van der Waals surface area contributed by atoms with Gasteiger partial charge >= 0.3 is 0 Å². The summed E-state index contributed by atoms with van der Waals surface area (Å²) in [5.74, 6) is 1.76. The molecule has 0 aromatic carbocycles. The summed E-state index contributed by atoms with van der Waals surface area (Å²) in [5, 5.41) is 3.73. The Morgan fingerprint density at radius 2 is 1.75 bits per heavy atom. The maximum atomic E-state index is 3.73. The standard InChI is InChI=1S/C19H39N/c1-6-8-11-17(7-2)14-18(20-5)19(15-16(3)4)12-9-10-13-19/h16-18,20H,6-15H2,1-5H3. The van der Waals surface area contributed by atoms with Crippen LogP contribution in [0.2, 0.25) is 0 Å². The van der Waals surface area contributed by atoms with Gasteiger partial charge in [-0.25, -0.2) is 0 Å². The molecule has 1 nitrogen and oxygen atoms in total. The highest BCUT2D eigenvalue weighted by Gasteiger charge is 2.41. The predicted octanol–water partition coefficient (Wildman–Crippen LogP) is 5.79. The minimum absolute atomic E-state index is 0.600. The van der Waals surface area contributed by atoms with Crippen molar-refractivity contribution in [1.29, 1.82) is 0 Å². The van der Waals surface area contributed by atoms with E-state index in [-0.39, 0.29) is 0 Å². The van der Waals surface area contributed by atoms with E-state index in [2.05, 4.69) is 40.1 Å². The third-order valence-corrected chi connectivity index (χ3v) is 5.61. The normalized spacial score (nSPS) is 21.3. The van der Waals surface area contributed by atoms with Crippen molar-refractivity contribution in [2.45, 2.75) is 97.9 Å². The van der Waals surface area contributed by atoms with Gasteiger partial charge < -0.3 is 5.32 Å². The molecule has 1 saturated carbocycles. The zero-order valence-corrected chi connectivity index (χ0v) is 14.8. The van der Waals surface area contributed by atoms with Gasteiger partial charge in [0, 0.05) is 6.04 Å². The molecular weight excluding hydrogens is 242 g/mol. The first kappa shape index (κ1) is 18.0. The van der Waals surface area contributed by atoms with Gasteiger partial charge in [-0.05, 0) is 50.0 Å². The Kier molecular flexibility index (Phi) is 8.17. The first-order valence-electron chi connectivity index (χ1n) is 9.25. The third-order valence-electron chi connectivity index (χ3n) is 5.61. The monoisotopic (exact) mass is 281 g/mol. The van der Waals surface area contributed by atoms with Gasteiger partial charge in [0.05, 0.1) is 0 Å². The Labute approximate surface area is 128 Å². The number of unbranched alkanes of at least 4 members (excludes halogenated alkanes) is 1. The highest BCUT2D eigenvalue weighted by atomic mass is 14.9. The SMILES string of the molecule is CCCCC(CC)CC(NC)C1(CC(C)C)CCCC1. The maximum absolute atomic E-state index is 3.73. The summed E-state index contributed by atoms with van der Waals surface area (Å²) in [5.41, 5.74) is 0.600. The molecule has 0 saturated heterocycles. The Balaban J connectivity index is 2.69. The lowest BCUT2D eigenvalue weighted by Gasteiger charge is -2.41. The summed E-state index contributed by atoms with van der Waals surface area (Å²) in [6.07, 6.45) is 14.2. The second-order valence-corrected chi connectivity index (χ2v) is 7.66. The van der Waals surface area contributed by atoms with Gasteiger partial charge in [0.15, 0.2) is 0 Å². The van der Waals surface area contributed by atoms with E-state index in [0.29, 0.717) is 5.41 Å². The molecule has 0 aromatic heterocycles. The molecule has 0 spiro atoms. The quantitative estimate of drug-likeness (QED) is 0.534. The molecule has 1 N–H and O–H groups in total. The van der Waals surface area contributed by atoms with Crippen LogP contribution in [0.5, 0.6) is 0 Å². The van der Waals surface area contributed by atoms with Gasteiger partial charge in [0.1, 0.15) is 0 Å². The van der Waals surface area contributed by atoms with Crippen LogP contribution in [0.3, 0.4) is 0 Å². The Morgan fingerprint density at radius 3 is 2.20 bits per heavy atom. The lowest BCUT2D eigenvalue weighted by atomic mass is 9.69. The van der Waals surface area contributed by atoms with Gasteiger partial charge in [0.2, 0.25) is 0 Å². The van der Waals surface area contributed by atoms with Crippen LogP contribution in [0, 0.1) is 17.3 Å². The molecular formula is C19H39N. The van der Waals surface area contributed by atoms with E-state index in [1.54, 1.807) is 0 Å². The van der Waals surface area contributed by atoms with E-state index in [1.165, 1.54) is 64.2 Å². The van der Waals surface area contributed by atoms with Crippen LogP contribution in [-0.4, -0.2) is 13.1 Å². The minimum Gasteiger partial charge on any atom is -0.316 e. The molecule has 0 bridgehead atoms. The Bertz CT molecular complexity index is 240. The fraction of sp³-hybridized carbons (Fsp3) is 1.00. The molecule has 1 rings (SSSR count). The van der Waals surface area contributed by atoms with Crippen molar-refractivity contribution in [3.05, 3.63) is 0 Å². The second-order valence-electron chi connectivity index (χ2n) is 7.66. The first-order valence-corrected chi connectivity index (χ1v) is 9.25. The van der Waals surface area contributed by atoms with Crippen LogP contribution >= 0.6 is 0 Å². The summed E-state index contributed by atoms with van der Waals surface area (Å²) in [6.45, 7) is 9.51. The molecule has 0 aliphatic heterocycles. The summed E-state index contributed by atoms with van der Waals surface area (Å²) in [7, 11) is 2.21. The Morgan fingerprint density at radius 1 is 1.10 bits per heavy atom. The van der Waals surface area contributed by atoms with Gasteiger partial charge in [0.25, 0.3) is 0 Å². The van der Waals surface area contributed by atoms with Crippen molar-refractivity contribution in [3.8, 4) is 0 Å². The molecule has 0 radical (unpaired) electrons. The summed E-state index contributed by atoms with van der Waals surface area (Å²) < 4.78 is 0. The highest BCUT2D eigenvalue weighted by molar-refractivity contribution is 4.95. The van der Waals surface area contributed by atoms with Crippen molar-refractivity contribution in [1.82, 2.24) is 5.32 Å². The summed E-state index contributed by atoms with van der Waals surface area (Å²) in [6, 6.07) is 0.745. The van der Waals surface area contributed by atoms with Crippen LogP contribution < -0.4 is 5.32 Å². The zero-order valence-electron chi connectivity index (χ0n) is 14.8. The molecule has 20 heavy (non-hydrogen) atoms. The lowest BCUT2D eigenvalue weighted by molar-refractivity contribution is 0.135. The molecule has 1 heteroatoms. The largest absolute Gasteiger partial charge is 0.316 e. The number of nitrogens with one attached hydrogen (secondary N) is 1. The maximum Gasteiger partial charge on any atom is 0.0123 e. The van der Waals surface area contributed by atoms with Crippen LogP contribution in [0.4, 0.5) is 0 Å². The minimum atomic E-state index is 0.600. The fourth-order valence-corrected chi connectivity index (χ4v) is 4.58. The van der Waals surface area contributed by atoms with E-state index in [9.17, 15) is 0 Å². The molecule has 1 aliphatic carbocycles. The average molecular weight is 282 g/mol. The van der Waals surface area contributed by atoms with Crippen LogP contribution in [0.1, 0.15) is 91.9 Å². The summed E-state index contributed by atoms with van der Waals surface area (Å²) in [4.78, 5) is 0. The summed E-state index contributed by atoms with van der Waals surface area (Å²) >= 11 is 0. The molecule has 0 aromatic rings. The molecule has 2 atom stereocenters. The number of rotatable bonds is 10. The van der Waals surface area contributed by atoms with E-state index in [0.717, 1.165) is 17.9 Å². The van der Waals surface area contributed by atoms with Crippen molar-refractivity contribution >= 4 is 0 Å². The smallest absolute Gasteiger partial charge is 0.0123 e. The van der Waals surface area contributed by atoms with Crippen molar-refractivity contribution in [2.24, 2.45) is 17.3 Å². The zero-order chi connectivity index (χ0) is 15.0. The molecule has 1 fully saturated rings. The predicted molar refractivity (Wildman–Crippen MR) is 91.1 cm³/mol. The van der Waals surface area contributed by atoms with Gasteiger partial charge in [-0.1, -0.05) is 66.2 Å². The van der Waals surface area contributed by atoms with Gasteiger partial charge in [-0.15, -0.1) is 0 Å². The van der Waals surface area contributed by atoms with Gasteiger partial charge in [-0.2, -0.15) is 0 Å². The van der Waals surface area contributed by atoms with E-state index in [4.69, 9.17) is 0 Å². The Hall–Kier alpha value is -0.0400. The molecule has 0 heterocycles. The van der Waals surface area contributed by atoms with E-state index in [1.807, 2.05) is 0 Å². The van der Waals surface area contributed by atoms with E-state index < -0.39 is 0 Å². The number of hydrogen-bond acceptors (Lipinski definition) is 1. The van der Waals surface area contributed by atoms with Crippen molar-refractivity contribution in [3.63, 3.8) is 0 Å². The van der Waals surface area contributed by atoms with Crippen LogP contribution in [0.25, 0.3) is 0 Å². The van der Waals surface area contributed by atoms with Gasteiger partial charge in [-0.3, -0.25) is 0 Å². The number of hydrogen-bond donors (Lipinski definition) is 1. The van der Waals surface area contributed by atoms with Crippen LogP contribution in [-0.2, 0) is 0 Å². The third kappa shape index (κ3) is 5.06.